The summed E-state index contributed by atoms with van der Waals surface area (Å²) in [4.78, 5) is 22.8. The number of rotatable bonds is 2. The molecule has 2 aliphatic rings. The molecule has 5 nitrogen and oxygen atoms in total. The average molecular weight is 274 g/mol. The molecule has 1 atom stereocenters. The van der Waals surface area contributed by atoms with E-state index in [2.05, 4.69) is 10.6 Å². The molecular formula is C15H18N2O3. The summed E-state index contributed by atoms with van der Waals surface area (Å²) in [5.41, 5.74) is 1.28. The summed E-state index contributed by atoms with van der Waals surface area (Å²) in [7, 11) is 0. The number of hydrogen-bond acceptors (Lipinski definition) is 4. The minimum Gasteiger partial charge on any atom is -0.457 e. The Bertz CT molecular complexity index is 548. The lowest BCUT2D eigenvalue weighted by Gasteiger charge is -2.26. The number of nitrogens with one attached hydrogen (secondary N) is 2. The maximum absolute atomic E-state index is 11.6. The van der Waals surface area contributed by atoms with Crippen molar-refractivity contribution in [3.8, 4) is 0 Å². The Morgan fingerprint density at radius 1 is 1.35 bits per heavy atom. The number of hydrogen-bond donors (Lipinski definition) is 2. The van der Waals surface area contributed by atoms with Gasteiger partial charge in [0.25, 0.3) is 0 Å². The first kappa shape index (κ1) is 14.1. The molecule has 0 saturated carbocycles. The van der Waals surface area contributed by atoms with Gasteiger partial charge < -0.3 is 15.4 Å². The molecule has 1 unspecified atom stereocenters. The molecule has 106 valence electrons. The highest BCUT2D eigenvalue weighted by molar-refractivity contribution is 5.90. The molecule has 2 aliphatic heterocycles. The van der Waals surface area contributed by atoms with Gasteiger partial charge >= 0.3 is 5.97 Å². The van der Waals surface area contributed by atoms with E-state index < -0.39 is 5.60 Å². The van der Waals surface area contributed by atoms with Gasteiger partial charge in [-0.15, -0.1) is 0 Å². The van der Waals surface area contributed by atoms with E-state index in [9.17, 15) is 9.59 Å². The Morgan fingerprint density at radius 3 is 2.80 bits per heavy atom. The van der Waals surface area contributed by atoms with E-state index in [-0.39, 0.29) is 18.0 Å². The number of carbonyl (C=O) groups is 2. The highest BCUT2D eigenvalue weighted by Crippen LogP contribution is 2.16. The molecule has 0 aromatic carbocycles. The number of allylic oxidation sites excluding steroid dienone is 3. The van der Waals surface area contributed by atoms with Crippen molar-refractivity contribution < 1.29 is 14.3 Å². The van der Waals surface area contributed by atoms with Crippen LogP contribution < -0.4 is 10.6 Å². The van der Waals surface area contributed by atoms with Crippen LogP contribution in [0.4, 0.5) is 0 Å². The van der Waals surface area contributed by atoms with Gasteiger partial charge in [-0.05, 0) is 50.1 Å². The summed E-state index contributed by atoms with van der Waals surface area (Å²) in [5, 5.41) is 5.83. The number of carbonyl (C=O) groups excluding carboxylic acids is 2. The van der Waals surface area contributed by atoms with Crippen molar-refractivity contribution in [2.75, 3.05) is 0 Å². The maximum Gasteiger partial charge on any atom is 0.331 e. The highest BCUT2D eigenvalue weighted by atomic mass is 16.6. The van der Waals surface area contributed by atoms with Crippen LogP contribution >= 0.6 is 0 Å². The zero-order chi connectivity index (χ0) is 14.8. The number of esters is 1. The third-order valence-corrected chi connectivity index (χ3v) is 2.62. The fourth-order valence-electron chi connectivity index (χ4n) is 1.82. The zero-order valence-electron chi connectivity index (χ0n) is 11.8. The summed E-state index contributed by atoms with van der Waals surface area (Å²) in [6.07, 6.45) is 9.74. The van der Waals surface area contributed by atoms with Crippen LogP contribution in [-0.2, 0) is 14.3 Å². The van der Waals surface area contributed by atoms with Crippen molar-refractivity contribution >= 4 is 11.9 Å². The number of amides is 1. The van der Waals surface area contributed by atoms with Crippen LogP contribution in [0.2, 0.25) is 0 Å². The summed E-state index contributed by atoms with van der Waals surface area (Å²) < 4.78 is 5.18. The molecule has 2 heterocycles. The molecule has 5 heteroatoms. The molecule has 0 bridgehead atoms. The number of dihydropyridines is 1. The Kier molecular flexibility index (Phi) is 3.79. The molecule has 2 N–H and O–H groups in total. The Morgan fingerprint density at radius 2 is 2.10 bits per heavy atom. The van der Waals surface area contributed by atoms with Crippen LogP contribution in [0.15, 0.2) is 47.7 Å². The van der Waals surface area contributed by atoms with Gasteiger partial charge in [0, 0.05) is 18.4 Å². The van der Waals surface area contributed by atoms with E-state index in [1.807, 2.05) is 26.8 Å². The van der Waals surface area contributed by atoms with E-state index in [0.717, 1.165) is 11.1 Å². The molecule has 0 radical (unpaired) electrons. The molecule has 0 aliphatic carbocycles. The van der Waals surface area contributed by atoms with Gasteiger partial charge in [-0.1, -0.05) is 0 Å². The fourth-order valence-corrected chi connectivity index (χ4v) is 1.82. The van der Waals surface area contributed by atoms with Gasteiger partial charge in [-0.3, -0.25) is 4.79 Å². The van der Waals surface area contributed by atoms with E-state index in [1.54, 1.807) is 18.4 Å². The van der Waals surface area contributed by atoms with Crippen molar-refractivity contribution in [3.05, 3.63) is 47.7 Å². The van der Waals surface area contributed by atoms with Crippen molar-refractivity contribution in [2.45, 2.75) is 32.5 Å². The van der Waals surface area contributed by atoms with Crippen LogP contribution in [0.5, 0.6) is 0 Å². The summed E-state index contributed by atoms with van der Waals surface area (Å²) >= 11 is 0. The van der Waals surface area contributed by atoms with Crippen molar-refractivity contribution in [2.24, 2.45) is 0 Å². The monoisotopic (exact) mass is 274 g/mol. The van der Waals surface area contributed by atoms with Gasteiger partial charge in [-0.2, -0.15) is 0 Å². The van der Waals surface area contributed by atoms with E-state index in [1.165, 1.54) is 12.2 Å². The second kappa shape index (κ2) is 5.36. The van der Waals surface area contributed by atoms with Crippen LogP contribution in [0.1, 0.15) is 20.8 Å². The Hall–Kier alpha value is -2.30. The van der Waals surface area contributed by atoms with Gasteiger partial charge in [0.05, 0.1) is 0 Å². The predicted octanol–water partition coefficient (Wildman–Crippen LogP) is 1.31. The van der Waals surface area contributed by atoms with Crippen LogP contribution in [0.3, 0.4) is 0 Å². The smallest absolute Gasteiger partial charge is 0.331 e. The van der Waals surface area contributed by atoms with E-state index >= 15 is 0 Å². The number of fused-ring (bicyclic) bond motifs is 1. The van der Waals surface area contributed by atoms with Crippen molar-refractivity contribution in [1.82, 2.24) is 10.6 Å². The minimum atomic E-state index is -0.499. The van der Waals surface area contributed by atoms with Crippen molar-refractivity contribution in [1.29, 1.82) is 0 Å². The largest absolute Gasteiger partial charge is 0.457 e. The number of ether oxygens (including phenoxy) is 1. The zero-order valence-corrected chi connectivity index (χ0v) is 11.8. The van der Waals surface area contributed by atoms with Gasteiger partial charge in [0.15, 0.2) is 0 Å². The van der Waals surface area contributed by atoms with E-state index in [4.69, 9.17) is 4.74 Å². The third kappa shape index (κ3) is 3.85. The first-order chi connectivity index (χ1) is 9.33. The lowest BCUT2D eigenvalue weighted by Crippen LogP contribution is -2.47. The predicted molar refractivity (Wildman–Crippen MR) is 75.4 cm³/mol. The molecule has 0 fully saturated rings. The molecular weight excluding hydrogens is 256 g/mol. The normalized spacial score (nSPS) is 21.6. The van der Waals surface area contributed by atoms with Crippen LogP contribution in [0, 0.1) is 0 Å². The highest BCUT2D eigenvalue weighted by Gasteiger charge is 2.20. The average Bonchev–Trinajstić information content (AvgIpc) is 2.34. The second-order valence-electron chi connectivity index (χ2n) is 5.60. The molecule has 0 spiro atoms. The summed E-state index contributed by atoms with van der Waals surface area (Å²) in [6.45, 7) is 5.47. The SMILES string of the molecule is CC(C)(C)OC(=O)/C=C/C1=CNC2NC(=O)C=CC2=C1. The van der Waals surface area contributed by atoms with E-state index in [0.29, 0.717) is 0 Å². The molecule has 2 rings (SSSR count). The molecule has 20 heavy (non-hydrogen) atoms. The second-order valence-corrected chi connectivity index (χ2v) is 5.60. The van der Waals surface area contributed by atoms with Crippen molar-refractivity contribution in [3.63, 3.8) is 0 Å². The molecule has 1 amide bonds. The van der Waals surface area contributed by atoms with Crippen LogP contribution in [-0.4, -0.2) is 23.6 Å². The summed E-state index contributed by atoms with van der Waals surface area (Å²) in [5.74, 6) is -0.507. The first-order valence-electron chi connectivity index (χ1n) is 6.41. The fraction of sp³-hybridized carbons (Fsp3) is 0.333. The lowest BCUT2D eigenvalue weighted by atomic mass is 10.0. The standard InChI is InChI=1S/C15H18N2O3/c1-15(2,3)20-13(19)7-4-10-8-11-5-6-12(18)17-14(11)16-9-10/h4-9,14,16H,1-3H3,(H,17,18)/b7-4+. The Labute approximate surface area is 118 Å². The quantitative estimate of drug-likeness (QED) is 0.588. The van der Waals surface area contributed by atoms with Gasteiger partial charge in [-0.25, -0.2) is 4.79 Å². The third-order valence-electron chi connectivity index (χ3n) is 2.62. The van der Waals surface area contributed by atoms with Gasteiger partial charge in [0.2, 0.25) is 5.91 Å². The van der Waals surface area contributed by atoms with Gasteiger partial charge in [0.1, 0.15) is 11.8 Å². The molecule has 0 aromatic heterocycles. The molecule has 0 aromatic rings. The molecule has 0 saturated heterocycles. The Balaban J connectivity index is 2.02. The minimum absolute atomic E-state index is 0.124. The lowest BCUT2D eigenvalue weighted by molar-refractivity contribution is -0.148. The topological polar surface area (TPSA) is 67.4 Å². The van der Waals surface area contributed by atoms with Crippen LogP contribution in [0.25, 0.3) is 0 Å². The summed E-state index contributed by atoms with van der Waals surface area (Å²) in [6, 6.07) is 0. The first-order valence-corrected chi connectivity index (χ1v) is 6.41. The maximum atomic E-state index is 11.6.